The van der Waals surface area contributed by atoms with E-state index in [9.17, 15) is 5.11 Å². The van der Waals surface area contributed by atoms with E-state index in [1.807, 2.05) is 6.07 Å². The minimum Gasteiger partial charge on any atom is -0.377 e. The Balaban J connectivity index is 1.98. The van der Waals surface area contributed by atoms with E-state index in [-0.39, 0.29) is 6.54 Å². The van der Waals surface area contributed by atoms with Gasteiger partial charge in [-0.1, -0.05) is 29.8 Å². The van der Waals surface area contributed by atoms with Gasteiger partial charge in [-0.2, -0.15) is 5.10 Å². The lowest BCUT2D eigenvalue weighted by molar-refractivity contribution is 0.0856. The fourth-order valence-electron chi connectivity index (χ4n) is 2.31. The summed E-state index contributed by atoms with van der Waals surface area (Å²) in [6.45, 7) is 0.0205. The number of aromatic amines is 1. The Morgan fingerprint density at radius 1 is 1.09 bits per heavy atom. The van der Waals surface area contributed by atoms with E-state index in [0.29, 0.717) is 16.3 Å². The van der Waals surface area contributed by atoms with Crippen LogP contribution in [0.1, 0.15) is 11.3 Å². The number of hydrogen-bond donors (Lipinski definition) is 3. The molecule has 2 aromatic heterocycles. The molecule has 6 heteroatoms. The monoisotopic (exact) mass is 314 g/mol. The summed E-state index contributed by atoms with van der Waals surface area (Å²) in [6, 6.07) is 10.6. The first-order valence-corrected chi connectivity index (χ1v) is 7.15. The average molecular weight is 315 g/mol. The lowest BCUT2D eigenvalue weighted by Gasteiger charge is -2.26. The van der Waals surface area contributed by atoms with Crippen molar-refractivity contribution in [3.63, 3.8) is 0 Å². The molecule has 0 saturated carbocycles. The molecule has 0 aliphatic rings. The molecule has 1 atom stereocenters. The summed E-state index contributed by atoms with van der Waals surface area (Å²) in [6.07, 6.45) is 5.19. The highest BCUT2D eigenvalue weighted by Crippen LogP contribution is 2.29. The van der Waals surface area contributed by atoms with Gasteiger partial charge in [0.25, 0.3) is 0 Å². The second kappa shape index (κ2) is 5.88. The third kappa shape index (κ3) is 2.62. The van der Waals surface area contributed by atoms with Crippen molar-refractivity contribution < 1.29 is 5.11 Å². The number of aliphatic hydroxyl groups is 1. The fraction of sp³-hybridized carbons (Fsp3) is 0.125. The Morgan fingerprint density at radius 3 is 2.41 bits per heavy atom. The molecule has 0 saturated heterocycles. The first-order valence-electron chi connectivity index (χ1n) is 6.77. The molecular weight excluding hydrogens is 300 g/mol. The van der Waals surface area contributed by atoms with Crippen molar-refractivity contribution >= 4 is 11.6 Å². The average Bonchev–Trinajstić information content (AvgIpc) is 3.09. The molecular formula is C16H15ClN4O. The van der Waals surface area contributed by atoms with E-state index in [0.717, 1.165) is 11.1 Å². The number of benzene rings is 1. The molecule has 0 radical (unpaired) electrons. The number of nitrogens with zero attached hydrogens (tertiary/aromatic N) is 2. The zero-order valence-electron chi connectivity index (χ0n) is 11.7. The van der Waals surface area contributed by atoms with Crippen LogP contribution in [0.15, 0.2) is 55.0 Å². The molecule has 5 nitrogen and oxygen atoms in total. The van der Waals surface area contributed by atoms with E-state index in [4.69, 9.17) is 17.3 Å². The third-order valence-electron chi connectivity index (χ3n) is 3.64. The number of nitrogens with two attached hydrogens (primary N) is 1. The van der Waals surface area contributed by atoms with Crippen molar-refractivity contribution in [2.24, 2.45) is 5.73 Å². The maximum Gasteiger partial charge on any atom is 0.143 e. The molecule has 0 spiro atoms. The Hall–Kier alpha value is -2.21. The number of nitrogens with one attached hydrogen (secondary N) is 1. The normalized spacial score (nSPS) is 13.8. The molecule has 22 heavy (non-hydrogen) atoms. The minimum atomic E-state index is -1.35. The van der Waals surface area contributed by atoms with Gasteiger partial charge in [0.05, 0.1) is 11.9 Å². The van der Waals surface area contributed by atoms with E-state index in [1.165, 1.54) is 0 Å². The molecule has 0 amide bonds. The minimum absolute atomic E-state index is 0.0205. The second-order valence-corrected chi connectivity index (χ2v) is 5.43. The van der Waals surface area contributed by atoms with E-state index in [1.54, 1.807) is 48.9 Å². The lowest BCUT2D eigenvalue weighted by Crippen LogP contribution is -2.36. The van der Waals surface area contributed by atoms with Gasteiger partial charge in [0.2, 0.25) is 0 Å². The van der Waals surface area contributed by atoms with Crippen LogP contribution in [0.4, 0.5) is 0 Å². The third-order valence-corrected chi connectivity index (χ3v) is 3.89. The van der Waals surface area contributed by atoms with E-state index >= 15 is 0 Å². The maximum atomic E-state index is 10.9. The highest BCUT2D eigenvalue weighted by Gasteiger charge is 2.31. The smallest absolute Gasteiger partial charge is 0.143 e. The number of rotatable bonds is 4. The first-order chi connectivity index (χ1) is 10.6. The van der Waals surface area contributed by atoms with Gasteiger partial charge in [-0.15, -0.1) is 0 Å². The summed E-state index contributed by atoms with van der Waals surface area (Å²) in [5.74, 6) is 0. The van der Waals surface area contributed by atoms with E-state index < -0.39 is 5.60 Å². The SMILES string of the molecule is NCC(O)(c1ccc(Cl)cc1)c1ccc(-c2cn[nH]c2)cn1. The maximum absolute atomic E-state index is 10.9. The number of hydrogen-bond acceptors (Lipinski definition) is 4. The molecule has 2 heterocycles. The predicted molar refractivity (Wildman–Crippen MR) is 85.3 cm³/mol. The Morgan fingerprint density at radius 2 is 1.86 bits per heavy atom. The molecule has 1 aromatic carbocycles. The lowest BCUT2D eigenvalue weighted by atomic mass is 9.89. The van der Waals surface area contributed by atoms with Gasteiger partial charge in [0, 0.05) is 35.1 Å². The molecule has 0 aliphatic carbocycles. The van der Waals surface area contributed by atoms with Crippen molar-refractivity contribution in [2.75, 3.05) is 6.54 Å². The summed E-state index contributed by atoms with van der Waals surface area (Å²) in [4.78, 5) is 4.37. The van der Waals surface area contributed by atoms with Crippen LogP contribution in [-0.2, 0) is 5.60 Å². The summed E-state index contributed by atoms with van der Waals surface area (Å²) >= 11 is 5.89. The zero-order chi connectivity index (χ0) is 15.6. The number of halogens is 1. The van der Waals surface area contributed by atoms with E-state index in [2.05, 4.69) is 15.2 Å². The zero-order valence-corrected chi connectivity index (χ0v) is 12.5. The molecule has 4 N–H and O–H groups in total. The molecule has 0 bridgehead atoms. The predicted octanol–water partition coefficient (Wildman–Crippen LogP) is 2.32. The van der Waals surface area contributed by atoms with Crippen molar-refractivity contribution in [1.82, 2.24) is 15.2 Å². The Bertz CT molecular complexity index is 741. The van der Waals surface area contributed by atoms with Gasteiger partial charge < -0.3 is 10.8 Å². The quantitative estimate of drug-likeness (QED) is 0.689. The number of pyridine rings is 1. The van der Waals surface area contributed by atoms with Crippen LogP contribution in [0.3, 0.4) is 0 Å². The standard InChI is InChI=1S/C16H15ClN4O/c17-14-4-2-13(3-5-14)16(22,10-18)15-6-1-11(7-19-15)12-8-20-21-9-12/h1-9,22H,10,18H2,(H,20,21). The van der Waals surface area contributed by atoms with Crippen LogP contribution < -0.4 is 5.73 Å². The highest BCUT2D eigenvalue weighted by molar-refractivity contribution is 6.30. The largest absolute Gasteiger partial charge is 0.377 e. The van der Waals surface area contributed by atoms with Crippen LogP contribution >= 0.6 is 11.6 Å². The molecule has 0 fully saturated rings. The van der Waals surface area contributed by atoms with Gasteiger partial charge in [-0.3, -0.25) is 10.1 Å². The van der Waals surface area contributed by atoms with Crippen molar-refractivity contribution in [2.45, 2.75) is 5.60 Å². The summed E-state index contributed by atoms with van der Waals surface area (Å²) in [7, 11) is 0. The van der Waals surface area contributed by atoms with Crippen LogP contribution in [0.5, 0.6) is 0 Å². The Labute approximate surface area is 132 Å². The first kappa shape index (κ1) is 14.7. The van der Waals surface area contributed by atoms with Gasteiger partial charge in [-0.05, 0) is 23.8 Å². The fourth-order valence-corrected chi connectivity index (χ4v) is 2.44. The van der Waals surface area contributed by atoms with Crippen LogP contribution in [0.2, 0.25) is 5.02 Å². The molecule has 3 rings (SSSR count). The Kier molecular flexibility index (Phi) is 3.94. The van der Waals surface area contributed by atoms with Crippen molar-refractivity contribution in [3.8, 4) is 11.1 Å². The van der Waals surface area contributed by atoms with Gasteiger partial charge in [0.1, 0.15) is 5.60 Å². The van der Waals surface area contributed by atoms with Crippen molar-refractivity contribution in [3.05, 3.63) is 71.3 Å². The number of H-pyrrole nitrogens is 1. The second-order valence-electron chi connectivity index (χ2n) is 4.99. The van der Waals surface area contributed by atoms with Gasteiger partial charge in [-0.25, -0.2) is 0 Å². The summed E-state index contributed by atoms with van der Waals surface area (Å²) < 4.78 is 0. The van der Waals surface area contributed by atoms with Gasteiger partial charge >= 0.3 is 0 Å². The van der Waals surface area contributed by atoms with Crippen LogP contribution in [0, 0.1) is 0 Å². The van der Waals surface area contributed by atoms with Crippen molar-refractivity contribution in [1.29, 1.82) is 0 Å². The molecule has 0 aliphatic heterocycles. The topological polar surface area (TPSA) is 87.8 Å². The summed E-state index contributed by atoms with van der Waals surface area (Å²) in [5.41, 5.74) is 7.44. The van der Waals surface area contributed by atoms with Crippen LogP contribution in [-0.4, -0.2) is 26.8 Å². The summed E-state index contributed by atoms with van der Waals surface area (Å²) in [5, 5.41) is 18.2. The van der Waals surface area contributed by atoms with Crippen LogP contribution in [0.25, 0.3) is 11.1 Å². The van der Waals surface area contributed by atoms with Gasteiger partial charge in [0.15, 0.2) is 0 Å². The molecule has 112 valence electrons. The molecule has 1 unspecified atom stereocenters. The highest BCUT2D eigenvalue weighted by atomic mass is 35.5. The number of aromatic nitrogens is 3. The molecule has 3 aromatic rings.